The molecule has 108 valence electrons. The third-order valence-corrected chi connectivity index (χ3v) is 2.67. The van der Waals surface area contributed by atoms with Gasteiger partial charge in [-0.25, -0.2) is 4.79 Å². The molecule has 0 aliphatic rings. The van der Waals surface area contributed by atoms with Gasteiger partial charge in [0.25, 0.3) is 5.88 Å². The molecule has 0 amide bonds. The van der Waals surface area contributed by atoms with E-state index in [1.165, 1.54) is 0 Å². The lowest BCUT2D eigenvalue weighted by atomic mass is 10.1. The van der Waals surface area contributed by atoms with Crippen molar-refractivity contribution in [2.24, 2.45) is 0 Å². The number of aromatic nitrogens is 1. The molecule has 0 bridgehead atoms. The maximum atomic E-state index is 11.0. The summed E-state index contributed by atoms with van der Waals surface area (Å²) in [5, 5.41) is 19.9. The number of aromatic carboxylic acids is 1. The Morgan fingerprint density at radius 3 is 2.38 bits per heavy atom. The van der Waals surface area contributed by atoms with E-state index in [4.69, 9.17) is 9.84 Å². The third-order valence-electron chi connectivity index (χ3n) is 2.67. The monoisotopic (exact) mass is 288 g/mol. The number of nitro groups is 1. The van der Waals surface area contributed by atoms with E-state index in [1.807, 2.05) is 19.9 Å². The van der Waals surface area contributed by atoms with Gasteiger partial charge in [0.2, 0.25) is 0 Å². The predicted molar refractivity (Wildman–Crippen MR) is 73.8 cm³/mol. The molecule has 0 spiro atoms. The van der Waals surface area contributed by atoms with Gasteiger partial charge in [0.1, 0.15) is 5.75 Å². The smallest absolute Gasteiger partial charge is 0.354 e. The van der Waals surface area contributed by atoms with Crippen molar-refractivity contribution in [3.63, 3.8) is 0 Å². The first-order valence-electron chi connectivity index (χ1n) is 6.01. The van der Waals surface area contributed by atoms with Gasteiger partial charge in [-0.3, -0.25) is 10.1 Å². The highest BCUT2D eigenvalue weighted by atomic mass is 16.6. The SMILES string of the molecule is Cc1cc(C)cc(Oc2nc(C(=O)O)ccc2[N+](=O)[O-])c1. The van der Waals surface area contributed by atoms with Crippen molar-refractivity contribution < 1.29 is 19.6 Å². The van der Waals surface area contributed by atoms with Gasteiger partial charge in [0.15, 0.2) is 5.69 Å². The van der Waals surface area contributed by atoms with Crippen LogP contribution in [0.25, 0.3) is 0 Å². The summed E-state index contributed by atoms with van der Waals surface area (Å²) in [6, 6.07) is 7.42. The molecule has 1 heterocycles. The second kappa shape index (κ2) is 5.58. The second-order valence-electron chi connectivity index (χ2n) is 4.51. The zero-order valence-electron chi connectivity index (χ0n) is 11.4. The average Bonchev–Trinajstić information content (AvgIpc) is 2.36. The first-order valence-corrected chi connectivity index (χ1v) is 6.01. The number of benzene rings is 1. The van der Waals surface area contributed by atoms with Crippen LogP contribution in [-0.2, 0) is 0 Å². The van der Waals surface area contributed by atoms with Gasteiger partial charge in [-0.15, -0.1) is 0 Å². The Kier molecular flexibility index (Phi) is 3.84. The largest absolute Gasteiger partial charge is 0.477 e. The Morgan fingerprint density at radius 2 is 1.86 bits per heavy atom. The van der Waals surface area contributed by atoms with E-state index in [0.29, 0.717) is 5.75 Å². The number of aryl methyl sites for hydroxylation is 2. The van der Waals surface area contributed by atoms with Gasteiger partial charge in [-0.1, -0.05) is 6.07 Å². The van der Waals surface area contributed by atoms with Crippen molar-refractivity contribution in [3.05, 3.63) is 57.3 Å². The lowest BCUT2D eigenvalue weighted by Crippen LogP contribution is -2.04. The van der Waals surface area contributed by atoms with Crippen molar-refractivity contribution >= 4 is 11.7 Å². The zero-order valence-corrected chi connectivity index (χ0v) is 11.4. The van der Waals surface area contributed by atoms with Crippen LogP contribution in [0.1, 0.15) is 21.6 Å². The quantitative estimate of drug-likeness (QED) is 0.685. The molecule has 0 fully saturated rings. The molecule has 0 atom stereocenters. The molecular formula is C14H12N2O5. The zero-order chi connectivity index (χ0) is 15.6. The van der Waals surface area contributed by atoms with E-state index in [2.05, 4.69) is 4.98 Å². The van der Waals surface area contributed by atoms with Crippen LogP contribution in [-0.4, -0.2) is 21.0 Å². The third kappa shape index (κ3) is 3.33. The number of hydrogen-bond acceptors (Lipinski definition) is 5. The summed E-state index contributed by atoms with van der Waals surface area (Å²) in [7, 11) is 0. The molecule has 0 saturated heterocycles. The van der Waals surface area contributed by atoms with Gasteiger partial charge in [0.05, 0.1) is 4.92 Å². The Morgan fingerprint density at radius 1 is 1.24 bits per heavy atom. The van der Waals surface area contributed by atoms with E-state index in [-0.39, 0.29) is 17.3 Å². The number of ether oxygens (including phenoxy) is 1. The van der Waals surface area contributed by atoms with Crippen LogP contribution in [0.3, 0.4) is 0 Å². The van der Waals surface area contributed by atoms with Crippen molar-refractivity contribution in [1.82, 2.24) is 4.98 Å². The van der Waals surface area contributed by atoms with Gasteiger partial charge >= 0.3 is 11.7 Å². The molecule has 0 aliphatic carbocycles. The minimum Gasteiger partial charge on any atom is -0.477 e. The topological polar surface area (TPSA) is 103 Å². The van der Waals surface area contributed by atoms with Gasteiger partial charge in [0, 0.05) is 6.07 Å². The van der Waals surface area contributed by atoms with Crippen LogP contribution < -0.4 is 4.74 Å². The first kappa shape index (κ1) is 14.4. The molecule has 21 heavy (non-hydrogen) atoms. The molecule has 0 radical (unpaired) electrons. The summed E-state index contributed by atoms with van der Waals surface area (Å²) >= 11 is 0. The second-order valence-corrected chi connectivity index (χ2v) is 4.51. The summed E-state index contributed by atoms with van der Waals surface area (Å²) < 4.78 is 5.41. The number of rotatable bonds is 4. The molecular weight excluding hydrogens is 276 g/mol. The summed E-state index contributed by atoms with van der Waals surface area (Å²) in [4.78, 5) is 24.9. The molecule has 1 aromatic heterocycles. The van der Waals surface area contributed by atoms with E-state index >= 15 is 0 Å². The molecule has 1 aromatic carbocycles. The van der Waals surface area contributed by atoms with Crippen LogP contribution in [0.2, 0.25) is 0 Å². The molecule has 0 aliphatic heterocycles. The summed E-state index contributed by atoms with van der Waals surface area (Å²) in [5.41, 5.74) is 1.13. The minimum absolute atomic E-state index is 0.319. The maximum Gasteiger partial charge on any atom is 0.354 e. The Balaban J connectivity index is 2.47. The van der Waals surface area contributed by atoms with E-state index in [9.17, 15) is 14.9 Å². The summed E-state index contributed by atoms with van der Waals surface area (Å²) in [6.07, 6.45) is 0. The highest BCUT2D eigenvalue weighted by Crippen LogP contribution is 2.30. The van der Waals surface area contributed by atoms with Crippen LogP contribution in [0.4, 0.5) is 5.69 Å². The van der Waals surface area contributed by atoms with Crippen LogP contribution in [0.5, 0.6) is 11.6 Å². The number of carboxylic acids is 1. The number of hydrogen-bond donors (Lipinski definition) is 1. The number of carboxylic acid groups (broad SMARTS) is 1. The Hall–Kier alpha value is -2.96. The lowest BCUT2D eigenvalue weighted by Gasteiger charge is -2.08. The van der Waals surface area contributed by atoms with Crippen LogP contribution >= 0.6 is 0 Å². The van der Waals surface area contributed by atoms with Crippen molar-refractivity contribution in [1.29, 1.82) is 0 Å². The number of nitrogens with zero attached hydrogens (tertiary/aromatic N) is 2. The van der Waals surface area contributed by atoms with Crippen molar-refractivity contribution in [2.75, 3.05) is 0 Å². The summed E-state index contributed by atoms with van der Waals surface area (Å²) in [6.45, 7) is 3.71. The van der Waals surface area contributed by atoms with Gasteiger partial charge in [-0.05, 0) is 43.2 Å². The Bertz CT molecular complexity index is 707. The highest BCUT2D eigenvalue weighted by Gasteiger charge is 2.20. The fourth-order valence-electron chi connectivity index (χ4n) is 1.87. The number of pyridine rings is 1. The summed E-state index contributed by atoms with van der Waals surface area (Å²) in [5.74, 6) is -1.26. The van der Waals surface area contributed by atoms with E-state index < -0.39 is 10.9 Å². The molecule has 0 unspecified atom stereocenters. The maximum absolute atomic E-state index is 11.0. The van der Waals surface area contributed by atoms with E-state index in [1.54, 1.807) is 12.1 Å². The molecule has 7 nitrogen and oxygen atoms in total. The molecule has 2 aromatic rings. The molecule has 2 rings (SSSR count). The van der Waals surface area contributed by atoms with Crippen LogP contribution in [0.15, 0.2) is 30.3 Å². The minimum atomic E-state index is -1.28. The molecule has 7 heteroatoms. The lowest BCUT2D eigenvalue weighted by molar-refractivity contribution is -0.386. The molecule has 1 N–H and O–H groups in total. The van der Waals surface area contributed by atoms with Crippen molar-refractivity contribution in [2.45, 2.75) is 13.8 Å². The highest BCUT2D eigenvalue weighted by molar-refractivity contribution is 5.85. The van der Waals surface area contributed by atoms with Gasteiger partial charge < -0.3 is 9.84 Å². The van der Waals surface area contributed by atoms with Crippen molar-refractivity contribution in [3.8, 4) is 11.6 Å². The first-order chi connectivity index (χ1) is 9.86. The standard InChI is InChI=1S/C14H12N2O5/c1-8-5-9(2)7-10(6-8)21-13-12(16(19)20)4-3-11(15-13)14(17)18/h3-7H,1-2H3,(H,17,18). The Labute approximate surface area is 120 Å². The normalized spacial score (nSPS) is 10.2. The van der Waals surface area contributed by atoms with E-state index in [0.717, 1.165) is 23.3 Å². The molecule has 0 saturated carbocycles. The fourth-order valence-corrected chi connectivity index (χ4v) is 1.87. The van der Waals surface area contributed by atoms with Crippen LogP contribution in [0, 0.1) is 24.0 Å². The number of carbonyl (C=O) groups is 1. The van der Waals surface area contributed by atoms with Gasteiger partial charge in [-0.2, -0.15) is 4.98 Å². The average molecular weight is 288 g/mol. The predicted octanol–water partition coefficient (Wildman–Crippen LogP) is 3.10. The fraction of sp³-hybridized carbons (Fsp3) is 0.143.